The van der Waals surface area contributed by atoms with Crippen LogP contribution in [0.1, 0.15) is 37.7 Å². The van der Waals surface area contributed by atoms with Crippen molar-refractivity contribution in [3.8, 4) is 5.75 Å². The molecule has 2 fully saturated rings. The molecule has 1 aliphatic carbocycles. The maximum absolute atomic E-state index is 13.3. The van der Waals surface area contributed by atoms with Crippen LogP contribution in [0.5, 0.6) is 5.75 Å². The summed E-state index contributed by atoms with van der Waals surface area (Å²) >= 11 is 0. The monoisotopic (exact) mass is 561 g/mol. The summed E-state index contributed by atoms with van der Waals surface area (Å²) in [6.45, 7) is 0.273. The van der Waals surface area contributed by atoms with E-state index in [0.717, 1.165) is 42.5 Å². The fourth-order valence-electron chi connectivity index (χ4n) is 5.82. The van der Waals surface area contributed by atoms with Crippen molar-refractivity contribution in [2.75, 3.05) is 37.9 Å². The summed E-state index contributed by atoms with van der Waals surface area (Å²) in [4.78, 5) is 14.0. The van der Waals surface area contributed by atoms with Gasteiger partial charge in [-0.05, 0) is 50.2 Å². The lowest BCUT2D eigenvalue weighted by Crippen LogP contribution is -2.39. The molecule has 206 valence electrons. The molecule has 1 aromatic carbocycles. The Kier molecular flexibility index (Phi) is 7.65. The SMILES string of the molecule is COc1ccccc1CS(=O)(=O)C1CCN(S(=O)(=O)C[C@H]2CC[C@H](N(C)c3ncnc4[nH]ccc34)CC2)C1. The molecule has 0 radical (unpaired) electrons. The quantitative estimate of drug-likeness (QED) is 0.423. The van der Waals surface area contributed by atoms with Crippen LogP contribution in [0.3, 0.4) is 0 Å². The van der Waals surface area contributed by atoms with Gasteiger partial charge in [0, 0.05) is 37.9 Å². The lowest BCUT2D eigenvalue weighted by molar-refractivity contribution is 0.336. The van der Waals surface area contributed by atoms with E-state index in [1.165, 1.54) is 11.4 Å². The predicted molar refractivity (Wildman–Crippen MR) is 147 cm³/mol. The smallest absolute Gasteiger partial charge is 0.214 e. The van der Waals surface area contributed by atoms with Gasteiger partial charge in [0.25, 0.3) is 0 Å². The van der Waals surface area contributed by atoms with Crippen molar-refractivity contribution >= 4 is 36.7 Å². The van der Waals surface area contributed by atoms with Gasteiger partial charge >= 0.3 is 0 Å². The zero-order valence-electron chi connectivity index (χ0n) is 21.8. The molecule has 1 saturated carbocycles. The number of hydrogen-bond donors (Lipinski definition) is 1. The average Bonchev–Trinajstić information content (AvgIpc) is 3.60. The molecule has 1 aliphatic heterocycles. The van der Waals surface area contributed by atoms with Gasteiger partial charge in [-0.3, -0.25) is 0 Å². The van der Waals surface area contributed by atoms with Gasteiger partial charge in [-0.25, -0.2) is 31.1 Å². The summed E-state index contributed by atoms with van der Waals surface area (Å²) in [5.41, 5.74) is 1.40. The van der Waals surface area contributed by atoms with Crippen LogP contribution in [0.2, 0.25) is 0 Å². The van der Waals surface area contributed by atoms with E-state index in [1.54, 1.807) is 30.6 Å². The zero-order valence-corrected chi connectivity index (χ0v) is 23.4. The Balaban J connectivity index is 1.16. The fourth-order valence-corrected chi connectivity index (χ4v) is 9.62. The van der Waals surface area contributed by atoms with Crippen LogP contribution in [0.25, 0.3) is 11.0 Å². The van der Waals surface area contributed by atoms with Gasteiger partial charge in [-0.1, -0.05) is 18.2 Å². The number of aromatic nitrogens is 3. The van der Waals surface area contributed by atoms with Crippen LogP contribution in [-0.2, 0) is 25.6 Å². The topological polar surface area (TPSA) is 126 Å². The van der Waals surface area contributed by atoms with Crippen LogP contribution < -0.4 is 9.64 Å². The molecular weight excluding hydrogens is 526 g/mol. The molecule has 1 unspecified atom stereocenters. The number of H-pyrrole nitrogens is 1. The number of sulfone groups is 1. The van der Waals surface area contributed by atoms with Crippen LogP contribution in [0.4, 0.5) is 5.82 Å². The Morgan fingerprint density at radius 3 is 2.58 bits per heavy atom. The molecular formula is C26H35N5O5S2. The number of para-hydroxylation sites is 1. The summed E-state index contributed by atoms with van der Waals surface area (Å²) in [6.07, 6.45) is 7.09. The molecule has 1 atom stereocenters. The van der Waals surface area contributed by atoms with E-state index < -0.39 is 25.1 Å². The number of benzene rings is 1. The third kappa shape index (κ3) is 5.52. The molecule has 12 heteroatoms. The first kappa shape index (κ1) is 26.9. The molecule has 1 N–H and O–H groups in total. The Bertz CT molecular complexity index is 1480. The van der Waals surface area contributed by atoms with Gasteiger partial charge < -0.3 is 14.6 Å². The number of nitrogens with zero attached hydrogens (tertiary/aromatic N) is 4. The van der Waals surface area contributed by atoms with E-state index in [-0.39, 0.29) is 36.6 Å². The van der Waals surface area contributed by atoms with E-state index in [1.807, 2.05) is 19.3 Å². The third-order valence-corrected chi connectivity index (χ3v) is 12.2. The molecule has 10 nitrogen and oxygen atoms in total. The molecule has 0 amide bonds. The van der Waals surface area contributed by atoms with E-state index in [4.69, 9.17) is 4.74 Å². The van der Waals surface area contributed by atoms with Gasteiger partial charge in [-0.15, -0.1) is 0 Å². The van der Waals surface area contributed by atoms with Crippen molar-refractivity contribution in [2.45, 2.75) is 49.1 Å². The van der Waals surface area contributed by atoms with Crippen molar-refractivity contribution in [1.29, 1.82) is 0 Å². The minimum absolute atomic E-state index is 0.0261. The molecule has 3 aromatic rings. The van der Waals surface area contributed by atoms with Gasteiger partial charge in [0.1, 0.15) is 23.5 Å². The predicted octanol–water partition coefficient (Wildman–Crippen LogP) is 2.98. The van der Waals surface area contributed by atoms with Gasteiger partial charge in [-0.2, -0.15) is 0 Å². The number of rotatable bonds is 9. The summed E-state index contributed by atoms with van der Waals surface area (Å²) in [7, 11) is -3.53. The van der Waals surface area contributed by atoms with Crippen molar-refractivity contribution in [3.05, 3.63) is 48.4 Å². The second-order valence-corrected chi connectivity index (χ2v) is 14.7. The Morgan fingerprint density at radius 2 is 1.82 bits per heavy atom. The maximum atomic E-state index is 13.3. The number of sulfonamides is 1. The second kappa shape index (κ2) is 10.8. The highest BCUT2D eigenvalue weighted by Gasteiger charge is 2.39. The normalized spacial score (nSPS) is 23.1. The Morgan fingerprint density at radius 1 is 1.05 bits per heavy atom. The summed E-state index contributed by atoms with van der Waals surface area (Å²) in [6, 6.07) is 9.29. The van der Waals surface area contributed by atoms with Crippen molar-refractivity contribution < 1.29 is 21.6 Å². The number of nitrogens with one attached hydrogen (secondary N) is 1. The number of hydrogen-bond acceptors (Lipinski definition) is 8. The van der Waals surface area contributed by atoms with Crippen molar-refractivity contribution in [1.82, 2.24) is 19.3 Å². The Labute approximate surface area is 224 Å². The fraction of sp³-hybridized carbons (Fsp3) is 0.538. The molecule has 2 aromatic heterocycles. The lowest BCUT2D eigenvalue weighted by Gasteiger charge is -2.35. The van der Waals surface area contributed by atoms with Gasteiger partial charge in [0.2, 0.25) is 10.0 Å². The lowest BCUT2D eigenvalue weighted by atomic mass is 9.86. The third-order valence-electron chi connectivity index (χ3n) is 8.04. The largest absolute Gasteiger partial charge is 0.496 e. The highest BCUT2D eigenvalue weighted by molar-refractivity contribution is 7.91. The molecule has 38 heavy (non-hydrogen) atoms. The molecule has 0 bridgehead atoms. The van der Waals surface area contributed by atoms with Crippen LogP contribution in [0, 0.1) is 5.92 Å². The first-order chi connectivity index (χ1) is 18.2. The summed E-state index contributed by atoms with van der Waals surface area (Å²) < 4.78 is 59.5. The van der Waals surface area contributed by atoms with E-state index in [9.17, 15) is 16.8 Å². The first-order valence-electron chi connectivity index (χ1n) is 13.0. The van der Waals surface area contributed by atoms with E-state index in [2.05, 4.69) is 19.9 Å². The molecule has 0 spiro atoms. The number of ether oxygens (including phenoxy) is 1. The minimum Gasteiger partial charge on any atom is -0.496 e. The van der Waals surface area contributed by atoms with Gasteiger partial charge in [0.05, 0.1) is 29.3 Å². The standard InChI is InChI=1S/C26H35N5O5S2/c1-30(26-23-11-13-27-25(23)28-18-29-26)21-9-7-19(8-10-21)16-38(34,35)31-14-12-22(15-31)37(32,33)17-20-5-3-4-6-24(20)36-2/h3-6,11,13,18-19,21-22H,7-10,12,14-17H2,1-2H3,(H,27,28,29)/t19-,21-,22?. The minimum atomic E-state index is -3.54. The highest BCUT2D eigenvalue weighted by atomic mass is 32.2. The van der Waals surface area contributed by atoms with Crippen LogP contribution in [0.15, 0.2) is 42.9 Å². The number of aromatic amines is 1. The summed E-state index contributed by atoms with van der Waals surface area (Å²) in [5, 5.41) is 0.272. The van der Waals surface area contributed by atoms with Gasteiger partial charge in [0.15, 0.2) is 9.84 Å². The highest BCUT2D eigenvalue weighted by Crippen LogP contribution is 2.33. The van der Waals surface area contributed by atoms with Crippen molar-refractivity contribution in [3.63, 3.8) is 0 Å². The number of methoxy groups -OCH3 is 1. The van der Waals surface area contributed by atoms with Crippen LogP contribution in [-0.4, -0.2) is 80.4 Å². The van der Waals surface area contributed by atoms with E-state index >= 15 is 0 Å². The molecule has 3 heterocycles. The Hall–Kier alpha value is -2.70. The molecule has 1 saturated heterocycles. The number of fused-ring (bicyclic) bond motifs is 1. The zero-order chi connectivity index (χ0) is 26.9. The van der Waals surface area contributed by atoms with Crippen molar-refractivity contribution in [2.24, 2.45) is 5.92 Å². The number of anilines is 1. The molecule has 5 rings (SSSR count). The van der Waals surface area contributed by atoms with Crippen LogP contribution >= 0.6 is 0 Å². The average molecular weight is 562 g/mol. The molecule has 2 aliphatic rings. The second-order valence-electron chi connectivity index (χ2n) is 10.4. The first-order valence-corrected chi connectivity index (χ1v) is 16.3. The summed E-state index contributed by atoms with van der Waals surface area (Å²) in [5.74, 6) is 1.38. The maximum Gasteiger partial charge on any atom is 0.214 e. The van der Waals surface area contributed by atoms with E-state index in [0.29, 0.717) is 17.7 Å².